The second kappa shape index (κ2) is 10.9. The predicted octanol–water partition coefficient (Wildman–Crippen LogP) is 2.68. The number of rotatable bonds is 10. The van der Waals surface area contributed by atoms with Gasteiger partial charge >= 0.3 is 18.0 Å². The van der Waals surface area contributed by atoms with Crippen LogP contribution in [0.25, 0.3) is 0 Å². The quantitative estimate of drug-likeness (QED) is 0.474. The summed E-state index contributed by atoms with van der Waals surface area (Å²) in [4.78, 5) is 33.7. The van der Waals surface area contributed by atoms with Crippen LogP contribution in [0.3, 0.4) is 0 Å². The third-order valence-electron chi connectivity index (χ3n) is 3.07. The molecule has 0 aliphatic carbocycles. The Labute approximate surface area is 131 Å². The second-order valence-corrected chi connectivity index (χ2v) is 5.39. The number of nitrogens with one attached hydrogen (secondary N) is 1. The van der Waals surface area contributed by atoms with E-state index < -0.39 is 30.4 Å². The molecule has 3 atom stereocenters. The number of carbonyl (C=O) groups excluding carboxylic acids is 2. The van der Waals surface area contributed by atoms with Crippen LogP contribution in [0.15, 0.2) is 0 Å². The molecule has 22 heavy (non-hydrogen) atoms. The van der Waals surface area contributed by atoms with Crippen molar-refractivity contribution in [2.24, 2.45) is 5.92 Å². The molecule has 7 nitrogen and oxygen atoms in total. The average Bonchev–Trinajstić information content (AvgIpc) is 2.37. The molecular weight excluding hydrogens is 290 g/mol. The highest BCUT2D eigenvalue weighted by molar-refractivity contribution is 5.72. The summed E-state index contributed by atoms with van der Waals surface area (Å²) in [5, 5.41) is 11.4. The third-order valence-corrected chi connectivity index (χ3v) is 3.07. The maximum Gasteiger partial charge on any atom is 0.410 e. The molecule has 0 rings (SSSR count). The maximum absolute atomic E-state index is 11.7. The highest BCUT2D eigenvalue weighted by Crippen LogP contribution is 2.15. The fraction of sp³-hybridized carbons (Fsp3) is 0.800. The minimum absolute atomic E-state index is 0.174. The molecule has 0 fully saturated rings. The van der Waals surface area contributed by atoms with Crippen molar-refractivity contribution < 1.29 is 29.0 Å². The lowest BCUT2D eigenvalue weighted by Gasteiger charge is -2.21. The molecule has 2 N–H and O–H groups in total. The zero-order valence-electron chi connectivity index (χ0n) is 13.8. The molecule has 2 unspecified atom stereocenters. The summed E-state index contributed by atoms with van der Waals surface area (Å²) in [6.07, 6.45) is 0.723. The topological polar surface area (TPSA) is 102 Å². The van der Waals surface area contributed by atoms with E-state index in [0.29, 0.717) is 12.3 Å². The molecule has 0 radical (unpaired) electrons. The Hall–Kier alpha value is -1.79. The standard InChI is InChI=1S/C15H27NO6/c1-5-7-10(3)8-12(9-13(17)18)16-15(20)22-11(4)21-14(19)6-2/h10-12H,5-9H2,1-4H3,(H,16,20)(H,17,18)/t10?,11-,12?/m0/s1. The number of amides is 1. The molecule has 0 aromatic rings. The summed E-state index contributed by atoms with van der Waals surface area (Å²) in [5.74, 6) is -1.16. The van der Waals surface area contributed by atoms with Crippen molar-refractivity contribution in [3.8, 4) is 0 Å². The molecule has 0 spiro atoms. The lowest BCUT2D eigenvalue weighted by Crippen LogP contribution is -2.39. The SMILES string of the molecule is CCCC(C)CC(CC(=O)O)NC(=O)O[C@@H](C)OC(=O)CC. The fourth-order valence-corrected chi connectivity index (χ4v) is 2.14. The first-order valence-electron chi connectivity index (χ1n) is 7.66. The number of esters is 1. The Kier molecular flexibility index (Phi) is 9.98. The first kappa shape index (κ1) is 20.2. The number of aliphatic carboxylic acids is 1. The van der Waals surface area contributed by atoms with E-state index in [2.05, 4.69) is 5.32 Å². The molecule has 1 amide bonds. The molecule has 0 aliphatic heterocycles. The zero-order valence-corrected chi connectivity index (χ0v) is 13.8. The Bertz CT molecular complexity index is 371. The normalized spacial score (nSPS) is 14.5. The van der Waals surface area contributed by atoms with E-state index in [1.54, 1.807) is 6.92 Å². The number of ether oxygens (including phenoxy) is 2. The maximum atomic E-state index is 11.7. The lowest BCUT2D eigenvalue weighted by molar-refractivity contribution is -0.164. The van der Waals surface area contributed by atoms with E-state index in [1.165, 1.54) is 6.92 Å². The van der Waals surface area contributed by atoms with Crippen molar-refractivity contribution in [2.45, 2.75) is 72.1 Å². The highest BCUT2D eigenvalue weighted by atomic mass is 16.7. The van der Waals surface area contributed by atoms with E-state index in [9.17, 15) is 14.4 Å². The summed E-state index contributed by atoms with van der Waals surface area (Å²) in [6.45, 7) is 7.12. The molecule has 0 aromatic heterocycles. The van der Waals surface area contributed by atoms with E-state index in [0.717, 1.165) is 12.8 Å². The van der Waals surface area contributed by atoms with Crippen LogP contribution in [0, 0.1) is 5.92 Å². The molecule has 0 aromatic carbocycles. The Morgan fingerprint density at radius 1 is 1.14 bits per heavy atom. The molecule has 0 heterocycles. The Balaban J connectivity index is 4.41. The van der Waals surface area contributed by atoms with Crippen molar-refractivity contribution in [2.75, 3.05) is 0 Å². The van der Waals surface area contributed by atoms with Crippen molar-refractivity contribution in [1.29, 1.82) is 0 Å². The van der Waals surface area contributed by atoms with Crippen LogP contribution in [0.2, 0.25) is 0 Å². The van der Waals surface area contributed by atoms with Gasteiger partial charge in [-0.25, -0.2) is 4.79 Å². The van der Waals surface area contributed by atoms with Crippen LogP contribution in [0.4, 0.5) is 4.79 Å². The van der Waals surface area contributed by atoms with Gasteiger partial charge in [-0.1, -0.05) is 33.6 Å². The van der Waals surface area contributed by atoms with Crippen molar-refractivity contribution in [3.63, 3.8) is 0 Å². The first-order valence-corrected chi connectivity index (χ1v) is 7.66. The zero-order chi connectivity index (χ0) is 17.1. The summed E-state index contributed by atoms with van der Waals surface area (Å²) >= 11 is 0. The van der Waals surface area contributed by atoms with Gasteiger partial charge in [-0.3, -0.25) is 9.59 Å². The number of carbonyl (C=O) groups is 3. The third kappa shape index (κ3) is 10.0. The number of hydrogen-bond donors (Lipinski definition) is 2. The minimum atomic E-state index is -1.01. The van der Waals surface area contributed by atoms with Crippen LogP contribution in [-0.2, 0) is 19.1 Å². The molecule has 0 saturated carbocycles. The van der Waals surface area contributed by atoms with Crippen molar-refractivity contribution in [1.82, 2.24) is 5.32 Å². The second-order valence-electron chi connectivity index (χ2n) is 5.39. The van der Waals surface area contributed by atoms with Crippen LogP contribution in [0.1, 0.15) is 59.8 Å². The van der Waals surface area contributed by atoms with Gasteiger partial charge in [-0.2, -0.15) is 0 Å². The minimum Gasteiger partial charge on any atom is -0.481 e. The van der Waals surface area contributed by atoms with Crippen LogP contribution in [0.5, 0.6) is 0 Å². The van der Waals surface area contributed by atoms with Gasteiger partial charge in [0.05, 0.1) is 6.42 Å². The van der Waals surface area contributed by atoms with Gasteiger partial charge in [0.25, 0.3) is 0 Å². The summed E-state index contributed by atoms with van der Waals surface area (Å²) < 4.78 is 9.70. The monoisotopic (exact) mass is 317 g/mol. The molecule has 7 heteroatoms. The van der Waals surface area contributed by atoms with Gasteiger partial charge in [0.15, 0.2) is 0 Å². The van der Waals surface area contributed by atoms with E-state index >= 15 is 0 Å². The van der Waals surface area contributed by atoms with Gasteiger partial charge in [-0.15, -0.1) is 0 Å². The Morgan fingerprint density at radius 2 is 1.77 bits per heavy atom. The molecule has 0 saturated heterocycles. The van der Waals surface area contributed by atoms with E-state index in [1.807, 2.05) is 13.8 Å². The highest BCUT2D eigenvalue weighted by Gasteiger charge is 2.21. The summed E-state index contributed by atoms with van der Waals surface area (Å²) in [5.41, 5.74) is 0. The fourth-order valence-electron chi connectivity index (χ4n) is 2.14. The molecule has 128 valence electrons. The van der Waals surface area contributed by atoms with Crippen LogP contribution >= 0.6 is 0 Å². The van der Waals surface area contributed by atoms with Crippen molar-refractivity contribution >= 4 is 18.0 Å². The smallest absolute Gasteiger partial charge is 0.410 e. The Morgan fingerprint density at radius 3 is 2.27 bits per heavy atom. The number of carboxylic acids is 1. The largest absolute Gasteiger partial charge is 0.481 e. The average molecular weight is 317 g/mol. The van der Waals surface area contributed by atoms with Crippen LogP contribution in [-0.4, -0.2) is 35.5 Å². The van der Waals surface area contributed by atoms with Gasteiger partial charge in [0.2, 0.25) is 6.29 Å². The van der Waals surface area contributed by atoms with Gasteiger partial charge in [0, 0.05) is 19.4 Å². The van der Waals surface area contributed by atoms with E-state index in [-0.39, 0.29) is 12.8 Å². The molecule has 0 bridgehead atoms. The van der Waals surface area contributed by atoms with Gasteiger partial charge < -0.3 is 19.9 Å². The number of hydrogen-bond acceptors (Lipinski definition) is 5. The summed E-state index contributed by atoms with van der Waals surface area (Å²) in [7, 11) is 0. The predicted molar refractivity (Wildman–Crippen MR) is 80.2 cm³/mol. The van der Waals surface area contributed by atoms with Crippen LogP contribution < -0.4 is 5.32 Å². The molecular formula is C15H27NO6. The van der Waals surface area contributed by atoms with Gasteiger partial charge in [0.1, 0.15) is 0 Å². The first-order chi connectivity index (χ1) is 10.3. The lowest BCUT2D eigenvalue weighted by atomic mass is 9.95. The summed E-state index contributed by atoms with van der Waals surface area (Å²) in [6, 6.07) is -0.513. The van der Waals surface area contributed by atoms with Crippen molar-refractivity contribution in [3.05, 3.63) is 0 Å². The molecule has 0 aliphatic rings. The number of alkyl carbamates (subject to hydrolysis) is 1. The van der Waals surface area contributed by atoms with Gasteiger partial charge in [-0.05, 0) is 12.3 Å². The number of carboxylic acid groups (broad SMARTS) is 1. The van der Waals surface area contributed by atoms with E-state index in [4.69, 9.17) is 14.6 Å².